The number of dihydropyridines is 1. The van der Waals surface area contributed by atoms with Crippen molar-refractivity contribution in [3.05, 3.63) is 171 Å². The fourth-order valence-electron chi connectivity index (χ4n) is 23.8. The average Bonchev–Trinajstić information content (AvgIpc) is 1.08. The first kappa shape index (κ1) is 57.2. The van der Waals surface area contributed by atoms with Crippen molar-refractivity contribution in [1.82, 2.24) is 10.6 Å². The lowest BCUT2D eigenvalue weighted by Crippen LogP contribution is -2.70. The van der Waals surface area contributed by atoms with E-state index < -0.39 is 29.5 Å². The number of methoxy groups -OCH3 is 1. The molecule has 86 heavy (non-hydrogen) atoms. The van der Waals surface area contributed by atoms with Crippen LogP contribution in [0, 0.1) is 79.8 Å². The first-order valence-corrected chi connectivity index (χ1v) is 34.5. The minimum absolute atomic E-state index is 0.0761. The molecule has 6 aliphatic heterocycles. The summed E-state index contributed by atoms with van der Waals surface area (Å²) in [4.78, 5) is 14.7. The minimum atomic E-state index is -0.729. The number of fused-ring (bicyclic) bond motifs is 1. The van der Waals surface area contributed by atoms with Gasteiger partial charge in [-0.2, -0.15) is 0 Å². The van der Waals surface area contributed by atoms with Gasteiger partial charge in [-0.3, -0.25) is 4.79 Å². The van der Waals surface area contributed by atoms with Crippen LogP contribution >= 0.6 is 0 Å². The van der Waals surface area contributed by atoms with Gasteiger partial charge in [-0.15, -0.1) is 0 Å². The van der Waals surface area contributed by atoms with E-state index in [1.807, 2.05) is 0 Å². The van der Waals surface area contributed by atoms with Gasteiger partial charge in [0.25, 0.3) is 0 Å². The molecule has 13 atom stereocenters. The lowest BCUT2D eigenvalue weighted by molar-refractivity contribution is -0.198. The number of aliphatic hydroxyl groups excluding tert-OH is 2. The summed E-state index contributed by atoms with van der Waals surface area (Å²) >= 11 is 0. The zero-order valence-electron chi connectivity index (χ0n) is 52.1. The van der Waals surface area contributed by atoms with Crippen molar-refractivity contribution < 1.29 is 24.9 Å². The van der Waals surface area contributed by atoms with Gasteiger partial charge in [0.1, 0.15) is 0 Å². The smallest absolute Gasteiger partial charge is 0.306 e. The van der Waals surface area contributed by atoms with E-state index >= 15 is 0 Å². The van der Waals surface area contributed by atoms with Crippen molar-refractivity contribution in [3.63, 3.8) is 0 Å². The summed E-state index contributed by atoms with van der Waals surface area (Å²) in [6.45, 7) is 12.4. The highest BCUT2D eigenvalue weighted by molar-refractivity contribution is 5.78. The van der Waals surface area contributed by atoms with E-state index in [1.165, 1.54) is 87.1 Å². The number of nitrogens with one attached hydrogen (secondary N) is 2. The number of ether oxygens (including phenoxy) is 1. The number of aliphatic carboxylic acids is 1. The summed E-state index contributed by atoms with van der Waals surface area (Å²) in [7, 11) is 1.78. The Morgan fingerprint density at radius 1 is 0.826 bits per heavy atom. The summed E-state index contributed by atoms with van der Waals surface area (Å²) in [5.41, 5.74) is 12.3. The molecule has 0 saturated heterocycles. The van der Waals surface area contributed by atoms with Gasteiger partial charge in [0, 0.05) is 53.7 Å². The third-order valence-corrected chi connectivity index (χ3v) is 27.3. The molecule has 7 heteroatoms. The topological polar surface area (TPSA) is 111 Å². The fraction of sp³-hybridized carbons (Fsp3) is 0.582. The molecule has 7 nitrogen and oxygen atoms in total. The molecule has 5 saturated carbocycles. The van der Waals surface area contributed by atoms with E-state index in [1.54, 1.807) is 18.3 Å². The van der Waals surface area contributed by atoms with E-state index in [-0.39, 0.29) is 50.7 Å². The molecule has 3 spiro atoms. The highest BCUT2D eigenvalue weighted by atomic mass is 16.5. The lowest BCUT2D eigenvalue weighted by atomic mass is 9.27. The lowest BCUT2D eigenvalue weighted by Gasteiger charge is -2.76. The molecule has 0 aromatic heterocycles. The Morgan fingerprint density at radius 2 is 1.63 bits per heavy atom. The van der Waals surface area contributed by atoms with Gasteiger partial charge in [-0.05, 0) is 231 Å². The molecule has 3 aromatic carbocycles. The average molecular weight is 1160 g/mol. The summed E-state index contributed by atoms with van der Waals surface area (Å²) in [5, 5.41) is 48.8. The van der Waals surface area contributed by atoms with Crippen molar-refractivity contribution in [3.8, 4) is 0 Å². The molecule has 6 heterocycles. The normalized spacial score (nSPS) is 39.8. The molecule has 19 rings (SSSR count). The van der Waals surface area contributed by atoms with Crippen LogP contribution in [0.15, 0.2) is 138 Å². The molecular weight excluding hydrogens is 1060 g/mol. The van der Waals surface area contributed by atoms with Crippen molar-refractivity contribution in [2.24, 2.45) is 79.8 Å². The summed E-state index contributed by atoms with van der Waals surface area (Å²) in [5.74, 6) is 1.37. The highest BCUT2D eigenvalue weighted by Gasteiger charge is 2.80. The Hall–Kier alpha value is -5.21. The molecule has 0 amide bonds. The summed E-state index contributed by atoms with van der Waals surface area (Å²) in [6, 6.07) is 28.0. The van der Waals surface area contributed by atoms with Gasteiger partial charge in [0.05, 0.1) is 30.6 Å². The van der Waals surface area contributed by atoms with Crippen LogP contribution < -0.4 is 21.1 Å². The maximum absolute atomic E-state index is 14.7. The quantitative estimate of drug-likeness (QED) is 0.150. The summed E-state index contributed by atoms with van der Waals surface area (Å²) in [6.07, 6.45) is 38.4. The monoisotopic (exact) mass is 1150 g/mol. The van der Waals surface area contributed by atoms with Crippen LogP contribution in [0.25, 0.3) is 17.2 Å². The zero-order valence-corrected chi connectivity index (χ0v) is 52.1. The molecule has 16 aliphatic rings. The van der Waals surface area contributed by atoms with Crippen LogP contribution in [-0.4, -0.2) is 60.3 Å². The second-order valence-electron chi connectivity index (χ2n) is 30.8. The molecule has 13 unspecified atom stereocenters. The van der Waals surface area contributed by atoms with E-state index in [0.29, 0.717) is 37.0 Å². The number of aliphatic hydroxyl groups is 2. The Labute approximate surface area is 513 Å². The number of hydrogen-bond acceptors (Lipinski definition) is 6. The van der Waals surface area contributed by atoms with Gasteiger partial charge >= 0.3 is 5.97 Å². The number of benzene rings is 3. The standard InChI is InChI=1S/C79H98N2O5/c1-50-20-26-62(72(84)85)71-68(82)48-79-67-47-76-34-12-33-74(2)69(83)31-38-78(73(74)76,66(67)45-59(75(71,79)3)30-37-77(79)35-28-53(29-36-77)41-52-23-21-51(22-24-52)32-40-86-4)65-44-57-16-8-9-18-61(57)63(64(65)46-76)43-54-13-10-17-56(42-54)58-25-27-70(81-49-58)80-39-11-19-60(50)55-14-6-5-7-15-55/h8-10,12-13,16-18,21-25,27,34,42,44,46,53,55,59-60,62,65,68-69,71,73,80-83H,1,5-7,11,14-15,19-20,26,28-33,35-41,43,45,47-49H2,2-4H3,(H,84,85). The van der Waals surface area contributed by atoms with Crippen molar-refractivity contribution in [1.29, 1.82) is 0 Å². The SMILES string of the molecule is C=C1CCC(C(=O)O)C2C(O)CC34C5=C(CC(CCC36CCC(Cc3ccc(CCOC)cc3)CC6)C24C)C23CCC(O)C4(C)CC=CC(C=C6C(=c7ccccc7=CC62)Cc2cccc(c2)C2=CC=C(NCCCC1C1CCCCC1)NC2)(C5)C43. The van der Waals surface area contributed by atoms with E-state index in [2.05, 4.69) is 134 Å². The first-order valence-electron chi connectivity index (χ1n) is 34.5. The number of hydrogen-bond donors (Lipinski definition) is 5. The molecular formula is C79H98N2O5. The minimum Gasteiger partial charge on any atom is -0.481 e. The van der Waals surface area contributed by atoms with E-state index in [9.17, 15) is 20.1 Å². The Kier molecular flexibility index (Phi) is 14.5. The second-order valence-corrected chi connectivity index (χ2v) is 30.8. The molecule has 5 N–H and O–H groups in total. The fourth-order valence-corrected chi connectivity index (χ4v) is 23.8. The van der Waals surface area contributed by atoms with Crippen molar-refractivity contribution in [2.45, 2.75) is 180 Å². The molecule has 15 bridgehead atoms. The third kappa shape index (κ3) is 8.65. The molecule has 454 valence electrons. The molecule has 5 fully saturated rings. The van der Waals surface area contributed by atoms with E-state index in [0.717, 1.165) is 128 Å². The molecule has 10 aliphatic carbocycles. The Bertz CT molecular complexity index is 3480. The highest BCUT2D eigenvalue weighted by Crippen LogP contribution is 2.86. The largest absolute Gasteiger partial charge is 0.481 e. The Morgan fingerprint density at radius 3 is 2.42 bits per heavy atom. The molecule has 3 aromatic rings. The summed E-state index contributed by atoms with van der Waals surface area (Å²) < 4.78 is 5.43. The van der Waals surface area contributed by atoms with Crippen LogP contribution in [-0.2, 0) is 28.8 Å². The van der Waals surface area contributed by atoms with E-state index in [4.69, 9.17) is 11.3 Å². The van der Waals surface area contributed by atoms with Gasteiger partial charge < -0.3 is 30.7 Å². The van der Waals surface area contributed by atoms with Gasteiger partial charge in [0.2, 0.25) is 0 Å². The molecule has 0 radical (unpaired) electrons. The predicted molar refractivity (Wildman–Crippen MR) is 345 cm³/mol. The number of carbonyl (C=O) groups is 1. The van der Waals surface area contributed by atoms with Gasteiger partial charge in [-0.1, -0.05) is 160 Å². The van der Waals surface area contributed by atoms with Crippen LogP contribution in [0.4, 0.5) is 0 Å². The van der Waals surface area contributed by atoms with Crippen molar-refractivity contribution >= 4 is 23.2 Å². The first-order chi connectivity index (χ1) is 41.7. The van der Waals surface area contributed by atoms with Crippen LogP contribution in [0.1, 0.15) is 171 Å². The zero-order chi connectivity index (χ0) is 58.8. The number of carboxylic acids is 1. The van der Waals surface area contributed by atoms with Gasteiger partial charge in [-0.25, -0.2) is 0 Å². The van der Waals surface area contributed by atoms with Crippen LogP contribution in [0.2, 0.25) is 0 Å². The van der Waals surface area contributed by atoms with Crippen molar-refractivity contribution in [2.75, 3.05) is 26.8 Å². The second kappa shape index (κ2) is 21.8. The van der Waals surface area contributed by atoms with Crippen LogP contribution in [0.5, 0.6) is 0 Å². The van der Waals surface area contributed by atoms with Gasteiger partial charge in [0.15, 0.2) is 0 Å². The number of allylic oxidation sites excluding steroid dienone is 9. The van der Waals surface area contributed by atoms with Crippen LogP contribution in [0.3, 0.4) is 0 Å². The Balaban J connectivity index is 0.913. The third-order valence-electron chi connectivity index (χ3n) is 27.3. The predicted octanol–water partition coefficient (Wildman–Crippen LogP) is 14.1. The maximum atomic E-state index is 14.7. The number of rotatable bonds is 7. The number of carboxylic acid groups (broad SMARTS) is 1. The maximum Gasteiger partial charge on any atom is 0.306 e.